The molecule has 1 aliphatic rings. The number of nitrogens with one attached hydrogen (secondary N) is 1. The second-order valence-corrected chi connectivity index (χ2v) is 4.72. The van der Waals surface area contributed by atoms with Gasteiger partial charge in [-0.15, -0.1) is 0 Å². The van der Waals surface area contributed by atoms with Crippen LogP contribution >= 0.6 is 0 Å². The van der Waals surface area contributed by atoms with E-state index in [-0.39, 0.29) is 0 Å². The van der Waals surface area contributed by atoms with Crippen LogP contribution in [0.25, 0.3) is 0 Å². The van der Waals surface area contributed by atoms with Crippen LogP contribution in [0.4, 0.5) is 0 Å². The summed E-state index contributed by atoms with van der Waals surface area (Å²) in [6, 6.07) is 4.97. The Morgan fingerprint density at radius 2 is 2.24 bits per heavy atom. The van der Waals surface area contributed by atoms with E-state index in [1.807, 2.05) is 18.5 Å². The molecule has 0 saturated carbocycles. The van der Waals surface area contributed by atoms with Crippen molar-refractivity contribution in [2.75, 3.05) is 26.2 Å². The van der Waals surface area contributed by atoms with Crippen molar-refractivity contribution in [1.29, 1.82) is 0 Å². The summed E-state index contributed by atoms with van der Waals surface area (Å²) in [6.45, 7) is 6.94. The van der Waals surface area contributed by atoms with Crippen molar-refractivity contribution in [3.05, 3.63) is 30.1 Å². The molecule has 2 rings (SSSR count). The first-order valence-corrected chi connectivity index (χ1v) is 6.74. The quantitative estimate of drug-likeness (QED) is 0.839. The summed E-state index contributed by atoms with van der Waals surface area (Å²) in [4.78, 5) is 6.79. The van der Waals surface area contributed by atoms with E-state index in [9.17, 15) is 0 Å². The number of hydrogen-bond acceptors (Lipinski definition) is 3. The first kappa shape index (κ1) is 12.5. The van der Waals surface area contributed by atoms with Gasteiger partial charge in [0.15, 0.2) is 0 Å². The normalized spacial score (nSPS) is 17.5. The van der Waals surface area contributed by atoms with Gasteiger partial charge in [-0.05, 0) is 50.5 Å². The lowest BCUT2D eigenvalue weighted by Crippen LogP contribution is -2.43. The number of aromatic nitrogens is 1. The lowest BCUT2D eigenvalue weighted by Gasteiger charge is -2.33. The number of rotatable bonds is 5. The largest absolute Gasteiger partial charge is 0.317 e. The van der Waals surface area contributed by atoms with E-state index in [4.69, 9.17) is 0 Å². The highest BCUT2D eigenvalue weighted by atomic mass is 15.2. The molecule has 0 spiro atoms. The van der Waals surface area contributed by atoms with Crippen LogP contribution in [0.1, 0.15) is 25.3 Å². The summed E-state index contributed by atoms with van der Waals surface area (Å²) in [7, 11) is 0. The highest BCUT2D eigenvalue weighted by Gasteiger charge is 2.18. The highest BCUT2D eigenvalue weighted by molar-refractivity contribution is 5.08. The molecule has 1 aromatic rings. The predicted octanol–water partition coefficient (Wildman–Crippen LogP) is 1.70. The summed E-state index contributed by atoms with van der Waals surface area (Å²) in [6.07, 6.45) is 7.53. The molecule has 3 heteroatoms. The number of pyridine rings is 1. The van der Waals surface area contributed by atoms with Gasteiger partial charge >= 0.3 is 0 Å². The third kappa shape index (κ3) is 3.79. The van der Waals surface area contributed by atoms with Gasteiger partial charge in [0.05, 0.1) is 0 Å². The summed E-state index contributed by atoms with van der Waals surface area (Å²) in [5, 5.41) is 3.43. The van der Waals surface area contributed by atoms with Crippen molar-refractivity contribution in [3.63, 3.8) is 0 Å². The van der Waals surface area contributed by atoms with Crippen molar-refractivity contribution < 1.29 is 0 Å². The molecule has 1 saturated heterocycles. The summed E-state index contributed by atoms with van der Waals surface area (Å²) < 4.78 is 0. The summed E-state index contributed by atoms with van der Waals surface area (Å²) in [5.74, 6) is 0. The minimum absolute atomic E-state index is 0.776. The molecule has 0 bridgehead atoms. The Bertz CT molecular complexity index is 307. The number of nitrogens with zero attached hydrogens (tertiary/aromatic N) is 2. The van der Waals surface area contributed by atoms with E-state index < -0.39 is 0 Å². The minimum atomic E-state index is 0.776. The molecule has 17 heavy (non-hydrogen) atoms. The zero-order valence-corrected chi connectivity index (χ0v) is 10.7. The van der Waals surface area contributed by atoms with Crippen molar-refractivity contribution in [3.8, 4) is 0 Å². The van der Waals surface area contributed by atoms with E-state index in [1.165, 1.54) is 31.5 Å². The molecule has 0 aromatic carbocycles. The van der Waals surface area contributed by atoms with Crippen LogP contribution in [0.15, 0.2) is 24.5 Å². The van der Waals surface area contributed by atoms with E-state index in [0.29, 0.717) is 0 Å². The fraction of sp³-hybridized carbons (Fsp3) is 0.643. The molecule has 2 heterocycles. The van der Waals surface area contributed by atoms with Gasteiger partial charge in [0.1, 0.15) is 0 Å². The van der Waals surface area contributed by atoms with Crippen molar-refractivity contribution in [1.82, 2.24) is 15.2 Å². The van der Waals surface area contributed by atoms with Gasteiger partial charge in [0.25, 0.3) is 0 Å². The van der Waals surface area contributed by atoms with Gasteiger partial charge < -0.3 is 10.2 Å². The average Bonchev–Trinajstić information content (AvgIpc) is 2.42. The first-order chi connectivity index (χ1) is 8.40. The molecule has 1 fully saturated rings. The molecule has 94 valence electrons. The highest BCUT2D eigenvalue weighted by Crippen LogP contribution is 2.12. The lowest BCUT2D eigenvalue weighted by molar-refractivity contribution is 0.172. The van der Waals surface area contributed by atoms with Crippen LogP contribution in [0.3, 0.4) is 0 Å². The third-order valence-corrected chi connectivity index (χ3v) is 3.64. The van der Waals surface area contributed by atoms with Gasteiger partial charge in [0, 0.05) is 25.0 Å². The van der Waals surface area contributed by atoms with Gasteiger partial charge in [-0.1, -0.05) is 13.0 Å². The molecule has 1 N–H and O–H groups in total. The average molecular weight is 233 g/mol. The van der Waals surface area contributed by atoms with E-state index >= 15 is 0 Å². The molecule has 1 aromatic heterocycles. The molecule has 1 aliphatic heterocycles. The third-order valence-electron chi connectivity index (χ3n) is 3.64. The van der Waals surface area contributed by atoms with Crippen LogP contribution in [0.2, 0.25) is 0 Å². The monoisotopic (exact) mass is 233 g/mol. The number of piperidine rings is 1. The van der Waals surface area contributed by atoms with E-state index in [2.05, 4.69) is 28.2 Å². The summed E-state index contributed by atoms with van der Waals surface area (Å²) in [5.41, 5.74) is 1.35. The van der Waals surface area contributed by atoms with Crippen LogP contribution < -0.4 is 5.32 Å². The zero-order chi connectivity index (χ0) is 11.9. The Hall–Kier alpha value is -0.930. The Morgan fingerprint density at radius 3 is 2.88 bits per heavy atom. The molecule has 3 nitrogen and oxygen atoms in total. The van der Waals surface area contributed by atoms with Crippen molar-refractivity contribution in [2.24, 2.45) is 0 Å². The Balaban J connectivity index is 1.82. The predicted molar refractivity (Wildman–Crippen MR) is 71.1 cm³/mol. The van der Waals surface area contributed by atoms with Gasteiger partial charge in [-0.3, -0.25) is 4.98 Å². The van der Waals surface area contributed by atoms with Crippen LogP contribution in [0.5, 0.6) is 0 Å². The molecule has 0 radical (unpaired) electrons. The maximum absolute atomic E-state index is 4.17. The molecular formula is C14H23N3. The fourth-order valence-corrected chi connectivity index (χ4v) is 2.59. The zero-order valence-electron chi connectivity index (χ0n) is 10.7. The molecule has 0 aliphatic carbocycles. The smallest absolute Gasteiger partial charge is 0.0300 e. The standard InChI is InChI=1S/C14H23N3/c1-2-17(14-5-9-15-10-6-14)11-7-13-4-3-8-16-12-13/h3-4,8,12,14-15H,2,5-7,9-11H2,1H3. The van der Waals surface area contributed by atoms with Crippen LogP contribution in [0, 0.1) is 0 Å². The molecule has 0 amide bonds. The van der Waals surface area contributed by atoms with Crippen LogP contribution in [-0.4, -0.2) is 42.1 Å². The Labute approximate surface area is 104 Å². The maximum Gasteiger partial charge on any atom is 0.0300 e. The van der Waals surface area contributed by atoms with Crippen molar-refractivity contribution in [2.45, 2.75) is 32.2 Å². The minimum Gasteiger partial charge on any atom is -0.317 e. The molecule has 0 unspecified atom stereocenters. The lowest BCUT2D eigenvalue weighted by atomic mass is 10.0. The number of likely N-dealkylation sites (N-methyl/N-ethyl adjacent to an activating group) is 1. The molecular weight excluding hydrogens is 210 g/mol. The topological polar surface area (TPSA) is 28.2 Å². The second-order valence-electron chi connectivity index (χ2n) is 4.72. The van der Waals surface area contributed by atoms with E-state index in [1.54, 1.807) is 0 Å². The Kier molecular flexibility index (Phi) is 4.95. The second kappa shape index (κ2) is 6.72. The van der Waals surface area contributed by atoms with Crippen molar-refractivity contribution >= 4 is 0 Å². The van der Waals surface area contributed by atoms with E-state index in [0.717, 1.165) is 25.6 Å². The SMILES string of the molecule is CCN(CCc1cccnc1)C1CCNCC1. The maximum atomic E-state index is 4.17. The van der Waals surface area contributed by atoms with Gasteiger partial charge in [0.2, 0.25) is 0 Å². The van der Waals surface area contributed by atoms with Gasteiger partial charge in [-0.2, -0.15) is 0 Å². The van der Waals surface area contributed by atoms with Gasteiger partial charge in [-0.25, -0.2) is 0 Å². The summed E-state index contributed by atoms with van der Waals surface area (Å²) >= 11 is 0. The Morgan fingerprint density at radius 1 is 1.41 bits per heavy atom. The molecule has 0 atom stereocenters. The fourth-order valence-electron chi connectivity index (χ4n) is 2.59. The first-order valence-electron chi connectivity index (χ1n) is 6.74. The number of hydrogen-bond donors (Lipinski definition) is 1. The van der Waals surface area contributed by atoms with Crippen LogP contribution in [-0.2, 0) is 6.42 Å².